The van der Waals surface area contributed by atoms with Crippen LogP contribution in [0.4, 0.5) is 16.2 Å². The molecule has 1 fully saturated rings. The molecule has 2 aromatic carbocycles. The number of carbonyl (C=O) groups excluding carboxylic acids is 1. The van der Waals surface area contributed by atoms with Gasteiger partial charge in [0.1, 0.15) is 0 Å². The molecule has 1 aliphatic carbocycles. The minimum absolute atomic E-state index is 0.0317. The van der Waals surface area contributed by atoms with E-state index >= 15 is 0 Å². The van der Waals surface area contributed by atoms with E-state index in [4.69, 9.17) is 11.6 Å². The largest absolute Gasteiger partial charge is 0.333 e. The summed E-state index contributed by atoms with van der Waals surface area (Å²) in [6, 6.07) is 7.89. The molecule has 33 heavy (non-hydrogen) atoms. The van der Waals surface area contributed by atoms with Gasteiger partial charge in [-0.1, -0.05) is 45.4 Å². The fourth-order valence-corrected chi connectivity index (χ4v) is 5.94. The van der Waals surface area contributed by atoms with E-state index in [2.05, 4.69) is 10.0 Å². The van der Waals surface area contributed by atoms with Crippen molar-refractivity contribution < 1.29 is 21.6 Å². The highest BCUT2D eigenvalue weighted by atomic mass is 35.5. The summed E-state index contributed by atoms with van der Waals surface area (Å²) in [4.78, 5) is 12.5. The van der Waals surface area contributed by atoms with Crippen LogP contribution >= 0.6 is 11.6 Å². The number of hydrogen-bond donors (Lipinski definition) is 3. The molecule has 1 aliphatic rings. The third-order valence-electron chi connectivity index (χ3n) is 5.24. The summed E-state index contributed by atoms with van der Waals surface area (Å²) in [5.74, 6) is 0.0635. The third-order valence-corrected chi connectivity index (χ3v) is 8.66. The first-order chi connectivity index (χ1) is 15.3. The number of rotatable bonds is 8. The first-order valence-corrected chi connectivity index (χ1v) is 14.0. The summed E-state index contributed by atoms with van der Waals surface area (Å²) in [5.41, 5.74) is 2.21. The second-order valence-electron chi connectivity index (χ2n) is 8.70. The Morgan fingerprint density at radius 3 is 2.06 bits per heavy atom. The Balaban J connectivity index is 1.83. The highest BCUT2D eigenvalue weighted by Gasteiger charge is 2.35. The van der Waals surface area contributed by atoms with Crippen LogP contribution in [0.5, 0.6) is 0 Å². The number of nitrogens with one attached hydrogen (secondary N) is 3. The molecule has 0 aromatic heterocycles. The summed E-state index contributed by atoms with van der Waals surface area (Å²) < 4.78 is 54.3. The van der Waals surface area contributed by atoms with E-state index in [0.29, 0.717) is 23.6 Å². The van der Waals surface area contributed by atoms with Crippen molar-refractivity contribution in [1.29, 1.82) is 0 Å². The van der Waals surface area contributed by atoms with Gasteiger partial charge in [0.05, 0.1) is 10.1 Å². The van der Waals surface area contributed by atoms with Crippen molar-refractivity contribution in [3.8, 4) is 0 Å². The molecule has 11 heteroatoms. The molecular formula is C22H28ClN3O5S2. The van der Waals surface area contributed by atoms with Gasteiger partial charge < -0.3 is 5.32 Å². The number of carbonyl (C=O) groups is 1. The lowest BCUT2D eigenvalue weighted by molar-refractivity contribution is 0.256. The average molecular weight is 514 g/mol. The highest BCUT2D eigenvalue weighted by molar-refractivity contribution is 7.93. The molecule has 8 nitrogen and oxygen atoms in total. The fraction of sp³-hybridized carbons (Fsp3) is 0.409. The zero-order chi connectivity index (χ0) is 24.6. The molecule has 0 atom stereocenters. The molecule has 2 amide bonds. The van der Waals surface area contributed by atoms with Crippen molar-refractivity contribution in [1.82, 2.24) is 4.72 Å². The molecule has 180 valence electrons. The van der Waals surface area contributed by atoms with E-state index in [1.807, 2.05) is 32.4 Å². The number of sulfonamides is 2. The Hall–Kier alpha value is -2.30. The lowest BCUT2D eigenvalue weighted by Gasteiger charge is -2.21. The monoisotopic (exact) mass is 513 g/mol. The van der Waals surface area contributed by atoms with Crippen molar-refractivity contribution in [2.75, 3.05) is 10.0 Å². The average Bonchev–Trinajstić information content (AvgIpc) is 3.54. The summed E-state index contributed by atoms with van der Waals surface area (Å²) in [5, 5.41) is 2.75. The predicted molar refractivity (Wildman–Crippen MR) is 131 cm³/mol. The molecule has 3 rings (SSSR count). The van der Waals surface area contributed by atoms with Crippen LogP contribution in [0.1, 0.15) is 63.5 Å². The zero-order valence-corrected chi connectivity index (χ0v) is 21.2. The molecule has 0 aliphatic heterocycles. The topological polar surface area (TPSA) is 121 Å². The lowest BCUT2D eigenvalue weighted by atomic mass is 9.92. The van der Waals surface area contributed by atoms with Gasteiger partial charge in [-0.2, -0.15) is 0 Å². The van der Waals surface area contributed by atoms with E-state index in [0.717, 1.165) is 11.1 Å². The maximum atomic E-state index is 12.8. The number of anilines is 2. The smallest absolute Gasteiger partial charge is 0.307 e. The molecule has 1 saturated carbocycles. The molecule has 0 bridgehead atoms. The summed E-state index contributed by atoms with van der Waals surface area (Å²) in [6.07, 6.45) is 1.16. The minimum atomic E-state index is -4.26. The number of benzene rings is 2. The van der Waals surface area contributed by atoms with Gasteiger partial charge in [-0.3, -0.25) is 4.72 Å². The first-order valence-electron chi connectivity index (χ1n) is 10.6. The SMILES string of the molecule is CC(C)c1cc(Cl)cc(C(C)C)c1NC(=O)NS(=O)(=O)c1cccc(NS(=O)(=O)C2CC2)c1. The van der Waals surface area contributed by atoms with Crippen LogP contribution in [-0.4, -0.2) is 28.1 Å². The van der Waals surface area contributed by atoms with E-state index in [1.54, 1.807) is 12.1 Å². The quantitative estimate of drug-likeness (QED) is 0.458. The van der Waals surface area contributed by atoms with Crippen molar-refractivity contribution in [3.05, 3.63) is 52.5 Å². The lowest BCUT2D eigenvalue weighted by Crippen LogP contribution is -2.35. The van der Waals surface area contributed by atoms with Crippen LogP contribution in [0.3, 0.4) is 0 Å². The Morgan fingerprint density at radius 1 is 0.970 bits per heavy atom. The van der Waals surface area contributed by atoms with Crippen LogP contribution in [-0.2, 0) is 20.0 Å². The van der Waals surface area contributed by atoms with Gasteiger partial charge in [-0.15, -0.1) is 0 Å². The van der Waals surface area contributed by atoms with Crippen molar-refractivity contribution in [2.24, 2.45) is 0 Å². The van der Waals surface area contributed by atoms with E-state index in [-0.39, 0.29) is 22.4 Å². The van der Waals surface area contributed by atoms with Crippen molar-refractivity contribution in [3.63, 3.8) is 0 Å². The van der Waals surface area contributed by atoms with Gasteiger partial charge in [-0.25, -0.2) is 26.4 Å². The van der Waals surface area contributed by atoms with Crippen molar-refractivity contribution >= 4 is 49.1 Å². The Morgan fingerprint density at radius 2 is 1.55 bits per heavy atom. The maximum Gasteiger partial charge on any atom is 0.333 e. The van der Waals surface area contributed by atoms with E-state index in [1.165, 1.54) is 24.3 Å². The van der Waals surface area contributed by atoms with Crippen molar-refractivity contribution in [2.45, 2.75) is 62.5 Å². The van der Waals surface area contributed by atoms with Gasteiger partial charge in [0, 0.05) is 16.4 Å². The molecule has 0 spiro atoms. The number of hydrogen-bond acceptors (Lipinski definition) is 5. The Labute approximate surface area is 200 Å². The van der Waals surface area contributed by atoms with Gasteiger partial charge in [0.2, 0.25) is 10.0 Å². The predicted octanol–water partition coefficient (Wildman–Crippen LogP) is 5.00. The number of amides is 2. The Bertz CT molecular complexity index is 1240. The molecule has 2 aromatic rings. The summed E-state index contributed by atoms with van der Waals surface area (Å²) in [7, 11) is -7.81. The second kappa shape index (κ2) is 9.52. The van der Waals surface area contributed by atoms with Crippen LogP contribution in [0.25, 0.3) is 0 Å². The second-order valence-corrected chi connectivity index (χ2v) is 12.8. The van der Waals surface area contributed by atoms with E-state index < -0.39 is 31.3 Å². The van der Waals surface area contributed by atoms with Crippen LogP contribution in [0.2, 0.25) is 5.02 Å². The summed E-state index contributed by atoms with van der Waals surface area (Å²) >= 11 is 6.24. The van der Waals surface area contributed by atoms with Gasteiger partial charge in [0.25, 0.3) is 10.0 Å². The summed E-state index contributed by atoms with van der Waals surface area (Å²) in [6.45, 7) is 7.79. The fourth-order valence-electron chi connectivity index (χ4n) is 3.38. The van der Waals surface area contributed by atoms with Gasteiger partial charge in [0.15, 0.2) is 0 Å². The Kier molecular flexibility index (Phi) is 7.30. The first kappa shape index (κ1) is 25.3. The number of urea groups is 1. The molecular weight excluding hydrogens is 486 g/mol. The van der Waals surface area contributed by atoms with Crippen LogP contribution in [0.15, 0.2) is 41.3 Å². The minimum Gasteiger partial charge on any atom is -0.307 e. The molecule has 0 saturated heterocycles. The highest BCUT2D eigenvalue weighted by Crippen LogP contribution is 2.35. The maximum absolute atomic E-state index is 12.8. The van der Waals surface area contributed by atoms with Crippen LogP contribution in [0, 0.1) is 0 Å². The molecule has 0 unspecified atom stereocenters. The van der Waals surface area contributed by atoms with Gasteiger partial charge >= 0.3 is 6.03 Å². The normalized spacial score (nSPS) is 14.4. The molecule has 0 radical (unpaired) electrons. The van der Waals surface area contributed by atoms with Crippen LogP contribution < -0.4 is 14.8 Å². The van der Waals surface area contributed by atoms with Gasteiger partial charge in [-0.05, 0) is 66.1 Å². The number of halogens is 1. The standard InChI is InChI=1S/C22H28ClN3O5S2/c1-13(2)19-10-15(23)11-20(14(3)4)21(19)24-22(27)26-33(30,31)18-7-5-6-16(12-18)25-32(28,29)17-8-9-17/h5-7,10-14,17,25H,8-9H2,1-4H3,(H2,24,26,27). The van der Waals surface area contributed by atoms with E-state index in [9.17, 15) is 21.6 Å². The molecule has 0 heterocycles. The zero-order valence-electron chi connectivity index (χ0n) is 18.8. The third kappa shape index (κ3) is 6.18. The molecule has 3 N–H and O–H groups in total.